The molecule has 0 saturated carbocycles. The number of nitrogens with one attached hydrogen (secondary N) is 1. The van der Waals surface area contributed by atoms with Crippen LogP contribution in [0.1, 0.15) is 57.2 Å². The van der Waals surface area contributed by atoms with Crippen molar-refractivity contribution >= 4 is 28.6 Å². The number of anilines is 1. The van der Waals surface area contributed by atoms with E-state index in [2.05, 4.69) is 31.1 Å². The summed E-state index contributed by atoms with van der Waals surface area (Å²) in [6.07, 6.45) is 1.98. The fraction of sp³-hybridized carbons (Fsp3) is 0.385. The summed E-state index contributed by atoms with van der Waals surface area (Å²) in [6, 6.07) is 15.0. The van der Waals surface area contributed by atoms with Crippen LogP contribution in [0, 0.1) is 0 Å². The number of fused-ring (bicyclic) bond motifs is 1. The summed E-state index contributed by atoms with van der Waals surface area (Å²) in [6.45, 7) is 6.49. The van der Waals surface area contributed by atoms with Crippen molar-refractivity contribution in [2.24, 2.45) is 0 Å². The van der Waals surface area contributed by atoms with Gasteiger partial charge in [0.15, 0.2) is 6.61 Å². The van der Waals surface area contributed by atoms with E-state index in [-0.39, 0.29) is 25.0 Å². The summed E-state index contributed by atoms with van der Waals surface area (Å²) < 4.78 is 6.82. The van der Waals surface area contributed by atoms with Crippen LogP contribution in [0.25, 0.3) is 11.0 Å². The quantitative estimate of drug-likeness (QED) is 0.462. The van der Waals surface area contributed by atoms with E-state index in [1.165, 1.54) is 5.56 Å². The fourth-order valence-corrected chi connectivity index (χ4v) is 3.53. The van der Waals surface area contributed by atoms with Gasteiger partial charge in [0.2, 0.25) is 0 Å². The van der Waals surface area contributed by atoms with E-state index < -0.39 is 11.9 Å². The van der Waals surface area contributed by atoms with E-state index in [1.807, 2.05) is 48.5 Å². The maximum Gasteiger partial charge on any atom is 0.306 e. The van der Waals surface area contributed by atoms with Crippen LogP contribution in [-0.2, 0) is 27.3 Å². The number of carbonyl (C=O) groups is 2. The third-order valence-electron chi connectivity index (χ3n) is 5.45. The van der Waals surface area contributed by atoms with Crippen LogP contribution in [0.2, 0.25) is 0 Å². The minimum Gasteiger partial charge on any atom is -0.456 e. The average Bonchev–Trinajstić information content (AvgIpc) is 2.81. The van der Waals surface area contributed by atoms with Crippen molar-refractivity contribution in [2.75, 3.05) is 11.9 Å². The molecule has 1 amide bonds. The molecule has 0 bridgehead atoms. The Morgan fingerprint density at radius 2 is 1.82 bits per heavy atom. The van der Waals surface area contributed by atoms with Crippen molar-refractivity contribution in [3.8, 4) is 0 Å². The number of esters is 1. The average molecular weight is 450 g/mol. The van der Waals surface area contributed by atoms with E-state index in [4.69, 9.17) is 4.74 Å². The van der Waals surface area contributed by atoms with Gasteiger partial charge in [-0.15, -0.1) is 0 Å². The lowest BCUT2D eigenvalue weighted by molar-refractivity contribution is -0.147. The number of para-hydroxylation sites is 2. The van der Waals surface area contributed by atoms with Crippen molar-refractivity contribution in [3.05, 3.63) is 70.1 Å². The Bertz CT molecular complexity index is 1170. The molecule has 3 aromatic rings. The van der Waals surface area contributed by atoms with Gasteiger partial charge >= 0.3 is 5.97 Å². The molecule has 3 rings (SSSR count). The minimum absolute atomic E-state index is 0.0231. The van der Waals surface area contributed by atoms with Gasteiger partial charge in [-0.3, -0.25) is 14.4 Å². The van der Waals surface area contributed by atoms with Gasteiger partial charge in [-0.25, -0.2) is 4.98 Å². The smallest absolute Gasteiger partial charge is 0.306 e. The Hall–Kier alpha value is -3.48. The van der Waals surface area contributed by atoms with Gasteiger partial charge in [0.25, 0.3) is 11.5 Å². The highest BCUT2D eigenvalue weighted by molar-refractivity contribution is 5.92. The Kier molecular flexibility index (Phi) is 8.35. The van der Waals surface area contributed by atoms with Crippen LogP contribution in [0.5, 0.6) is 0 Å². The van der Waals surface area contributed by atoms with Crippen molar-refractivity contribution < 1.29 is 14.3 Å². The second-order valence-electron chi connectivity index (χ2n) is 8.34. The molecule has 0 spiro atoms. The Morgan fingerprint density at radius 3 is 2.52 bits per heavy atom. The summed E-state index contributed by atoms with van der Waals surface area (Å²) in [5, 5.41) is 2.71. The molecule has 174 valence electrons. The lowest BCUT2D eigenvalue weighted by Crippen LogP contribution is -2.27. The highest BCUT2D eigenvalue weighted by Crippen LogP contribution is 2.17. The summed E-state index contributed by atoms with van der Waals surface area (Å²) in [7, 11) is 0. The Labute approximate surface area is 193 Å². The molecular weight excluding hydrogens is 418 g/mol. The fourth-order valence-electron chi connectivity index (χ4n) is 3.53. The molecule has 0 aliphatic rings. The molecule has 2 aromatic carbocycles. The Balaban J connectivity index is 1.56. The van der Waals surface area contributed by atoms with E-state index in [0.29, 0.717) is 23.8 Å². The number of unbranched alkanes of at least 4 members (excludes halogenated alkanes) is 1. The molecule has 0 aliphatic carbocycles. The van der Waals surface area contributed by atoms with Crippen LogP contribution in [0.4, 0.5) is 5.69 Å². The third-order valence-corrected chi connectivity index (χ3v) is 5.45. The van der Waals surface area contributed by atoms with Crippen LogP contribution >= 0.6 is 0 Å². The number of ether oxygens (including phenoxy) is 1. The van der Waals surface area contributed by atoms with Gasteiger partial charge in [0, 0.05) is 18.7 Å². The molecule has 1 N–H and O–H groups in total. The Morgan fingerprint density at radius 1 is 1.09 bits per heavy atom. The number of hydrogen-bond acceptors (Lipinski definition) is 5. The molecule has 0 radical (unpaired) electrons. The monoisotopic (exact) mass is 449 g/mol. The summed E-state index contributed by atoms with van der Waals surface area (Å²) in [4.78, 5) is 41.7. The predicted molar refractivity (Wildman–Crippen MR) is 129 cm³/mol. The highest BCUT2D eigenvalue weighted by Gasteiger charge is 2.14. The first kappa shape index (κ1) is 24.2. The minimum atomic E-state index is -0.547. The highest BCUT2D eigenvalue weighted by atomic mass is 16.5. The molecule has 7 heteroatoms. The zero-order valence-electron chi connectivity index (χ0n) is 19.5. The van der Waals surface area contributed by atoms with E-state index in [1.54, 1.807) is 4.57 Å². The first-order valence-electron chi connectivity index (χ1n) is 11.4. The first-order chi connectivity index (χ1) is 15.9. The molecule has 0 atom stereocenters. The third kappa shape index (κ3) is 6.51. The molecule has 0 aliphatic heterocycles. The maximum atomic E-state index is 12.9. The van der Waals surface area contributed by atoms with Crippen LogP contribution in [-0.4, -0.2) is 28.0 Å². The van der Waals surface area contributed by atoms with Crippen molar-refractivity contribution in [2.45, 2.75) is 58.9 Å². The van der Waals surface area contributed by atoms with E-state index in [0.717, 1.165) is 23.9 Å². The second kappa shape index (κ2) is 11.4. The van der Waals surface area contributed by atoms with E-state index in [9.17, 15) is 14.4 Å². The number of aryl methyl sites for hydroxylation is 2. The second-order valence-corrected chi connectivity index (χ2v) is 8.34. The number of aromatic nitrogens is 2. The summed E-state index contributed by atoms with van der Waals surface area (Å²) in [5.74, 6) is -0.551. The van der Waals surface area contributed by atoms with Crippen molar-refractivity contribution in [1.29, 1.82) is 0 Å². The van der Waals surface area contributed by atoms with Gasteiger partial charge in [-0.2, -0.15) is 0 Å². The summed E-state index contributed by atoms with van der Waals surface area (Å²) in [5.41, 5.74) is 3.48. The lowest BCUT2D eigenvalue weighted by Gasteiger charge is -2.12. The molecule has 1 heterocycles. The van der Waals surface area contributed by atoms with Crippen molar-refractivity contribution in [1.82, 2.24) is 9.55 Å². The molecular formula is C26H31N3O4. The van der Waals surface area contributed by atoms with E-state index >= 15 is 0 Å². The number of benzene rings is 2. The molecule has 0 unspecified atom stereocenters. The lowest BCUT2D eigenvalue weighted by atomic mass is 10.0. The van der Waals surface area contributed by atoms with Gasteiger partial charge in [0.1, 0.15) is 5.69 Å². The van der Waals surface area contributed by atoms with Crippen LogP contribution in [0.3, 0.4) is 0 Å². The number of carbonyl (C=O) groups excluding carboxylic acids is 2. The van der Waals surface area contributed by atoms with Gasteiger partial charge < -0.3 is 14.6 Å². The molecule has 7 nitrogen and oxygen atoms in total. The topological polar surface area (TPSA) is 90.3 Å². The van der Waals surface area contributed by atoms with Gasteiger partial charge in [0.05, 0.1) is 17.5 Å². The van der Waals surface area contributed by atoms with Crippen LogP contribution in [0.15, 0.2) is 53.3 Å². The first-order valence-corrected chi connectivity index (χ1v) is 11.4. The molecule has 33 heavy (non-hydrogen) atoms. The van der Waals surface area contributed by atoms with Crippen LogP contribution < -0.4 is 10.9 Å². The number of hydrogen-bond donors (Lipinski definition) is 1. The van der Waals surface area contributed by atoms with Gasteiger partial charge in [-0.05, 0) is 42.2 Å². The molecule has 0 saturated heterocycles. The molecule has 1 aromatic heterocycles. The maximum absolute atomic E-state index is 12.9. The number of nitrogens with zero attached hydrogens (tertiary/aromatic N) is 2. The standard InChI is InChI=1S/C26H31N3O4/c1-4-5-16-29-23-9-7-6-8-21(23)28-22(26(29)32)14-15-25(31)33-17-24(30)27-20-12-10-19(11-13-20)18(2)3/h6-13,18H,4-5,14-17H2,1-3H3,(H,27,30). The summed E-state index contributed by atoms with van der Waals surface area (Å²) >= 11 is 0. The van der Waals surface area contributed by atoms with Gasteiger partial charge in [-0.1, -0.05) is 51.5 Å². The normalized spacial score (nSPS) is 11.0. The zero-order valence-corrected chi connectivity index (χ0v) is 19.5. The SMILES string of the molecule is CCCCn1c(=O)c(CCC(=O)OCC(=O)Nc2ccc(C(C)C)cc2)nc2ccccc21. The molecule has 0 fully saturated rings. The predicted octanol–water partition coefficient (Wildman–Crippen LogP) is 4.43. The number of rotatable bonds is 10. The van der Waals surface area contributed by atoms with Crippen molar-refractivity contribution in [3.63, 3.8) is 0 Å². The largest absolute Gasteiger partial charge is 0.456 e. The number of amides is 1. The zero-order chi connectivity index (χ0) is 23.8.